The van der Waals surface area contributed by atoms with Crippen molar-refractivity contribution in [1.29, 1.82) is 0 Å². The average molecular weight is 480 g/mol. The zero-order chi connectivity index (χ0) is 25.3. The SMILES string of the molecule is COc1ccc([C@@H](C)N(CC=Cc2ccccc2)CCN2CCN(C(=O)OC(C)(C)C)CC2)cc1. The van der Waals surface area contributed by atoms with Crippen LogP contribution in [0.2, 0.25) is 0 Å². The number of hydrogen-bond acceptors (Lipinski definition) is 5. The lowest BCUT2D eigenvalue weighted by atomic mass is 10.1. The summed E-state index contributed by atoms with van der Waals surface area (Å²) in [5.41, 5.74) is 2.02. The van der Waals surface area contributed by atoms with Crippen LogP contribution < -0.4 is 4.74 Å². The Bertz CT molecular complexity index is 930. The number of nitrogens with zero attached hydrogens (tertiary/aromatic N) is 3. The molecule has 35 heavy (non-hydrogen) atoms. The first-order valence-electron chi connectivity index (χ1n) is 12.5. The summed E-state index contributed by atoms with van der Waals surface area (Å²) < 4.78 is 10.9. The summed E-state index contributed by atoms with van der Waals surface area (Å²) in [6, 6.07) is 19.0. The number of piperazine rings is 1. The fraction of sp³-hybridized carbons (Fsp3) is 0.483. The van der Waals surface area contributed by atoms with Crippen LogP contribution >= 0.6 is 0 Å². The summed E-state index contributed by atoms with van der Waals surface area (Å²) in [7, 11) is 1.70. The van der Waals surface area contributed by atoms with Crippen molar-refractivity contribution in [2.75, 3.05) is 52.9 Å². The lowest BCUT2D eigenvalue weighted by molar-refractivity contribution is 0.0136. The number of amides is 1. The lowest BCUT2D eigenvalue weighted by Crippen LogP contribution is -2.51. The quantitative estimate of drug-likeness (QED) is 0.487. The summed E-state index contributed by atoms with van der Waals surface area (Å²) in [5.74, 6) is 0.874. The topological polar surface area (TPSA) is 45.2 Å². The summed E-state index contributed by atoms with van der Waals surface area (Å²) in [5, 5.41) is 0. The first kappa shape index (κ1) is 26.8. The molecule has 0 N–H and O–H groups in total. The van der Waals surface area contributed by atoms with Gasteiger partial charge in [0.25, 0.3) is 0 Å². The molecule has 0 radical (unpaired) electrons. The van der Waals surface area contributed by atoms with Crippen molar-refractivity contribution in [2.24, 2.45) is 0 Å². The Hall–Kier alpha value is -2.83. The van der Waals surface area contributed by atoms with Crippen LogP contribution in [0.1, 0.15) is 44.9 Å². The van der Waals surface area contributed by atoms with E-state index in [0.29, 0.717) is 13.1 Å². The number of carbonyl (C=O) groups excluding carboxylic acids is 1. The van der Waals surface area contributed by atoms with Crippen LogP contribution in [-0.2, 0) is 4.74 Å². The van der Waals surface area contributed by atoms with Crippen LogP contribution in [0.25, 0.3) is 6.08 Å². The van der Waals surface area contributed by atoms with Crippen molar-refractivity contribution in [1.82, 2.24) is 14.7 Å². The summed E-state index contributed by atoms with van der Waals surface area (Å²) in [4.78, 5) is 19.1. The molecule has 0 aromatic heterocycles. The van der Waals surface area contributed by atoms with Gasteiger partial charge in [-0.25, -0.2) is 4.79 Å². The van der Waals surface area contributed by atoms with Gasteiger partial charge in [0.1, 0.15) is 11.4 Å². The van der Waals surface area contributed by atoms with Gasteiger partial charge in [-0.3, -0.25) is 9.80 Å². The lowest BCUT2D eigenvalue weighted by Gasteiger charge is -2.37. The molecule has 1 heterocycles. The largest absolute Gasteiger partial charge is 0.497 e. The monoisotopic (exact) mass is 479 g/mol. The van der Waals surface area contributed by atoms with Crippen molar-refractivity contribution in [3.63, 3.8) is 0 Å². The van der Waals surface area contributed by atoms with E-state index in [-0.39, 0.29) is 12.1 Å². The van der Waals surface area contributed by atoms with Crippen molar-refractivity contribution in [3.05, 3.63) is 71.8 Å². The molecule has 3 rings (SSSR count). The highest BCUT2D eigenvalue weighted by Crippen LogP contribution is 2.23. The van der Waals surface area contributed by atoms with Gasteiger partial charge in [0.15, 0.2) is 0 Å². The minimum absolute atomic E-state index is 0.210. The molecule has 6 heteroatoms. The number of carbonyl (C=O) groups is 1. The number of benzene rings is 2. The van der Waals surface area contributed by atoms with E-state index in [1.165, 1.54) is 11.1 Å². The molecule has 0 unspecified atom stereocenters. The van der Waals surface area contributed by atoms with E-state index in [9.17, 15) is 4.79 Å². The normalized spacial score (nSPS) is 16.0. The molecule has 0 spiro atoms. The Balaban J connectivity index is 1.58. The third-order valence-electron chi connectivity index (χ3n) is 6.32. The fourth-order valence-corrected chi connectivity index (χ4v) is 4.18. The Morgan fingerprint density at radius 3 is 2.29 bits per heavy atom. The maximum absolute atomic E-state index is 12.4. The molecule has 1 atom stereocenters. The highest BCUT2D eigenvalue weighted by atomic mass is 16.6. The van der Waals surface area contributed by atoms with Crippen molar-refractivity contribution in [2.45, 2.75) is 39.3 Å². The highest BCUT2D eigenvalue weighted by Gasteiger charge is 2.26. The maximum Gasteiger partial charge on any atom is 0.410 e. The summed E-state index contributed by atoms with van der Waals surface area (Å²) in [6.45, 7) is 13.9. The standard InChI is InChI=1S/C29H41N3O3/c1-24(26-13-15-27(34-5)16-14-26)31(17-9-12-25-10-7-6-8-11-25)21-18-30-19-22-32(23-20-30)28(33)35-29(2,3)4/h6-16,24H,17-23H2,1-5H3/t24-/m1/s1. The van der Waals surface area contributed by atoms with Gasteiger partial charge >= 0.3 is 6.09 Å². The third kappa shape index (κ3) is 8.71. The molecule has 2 aromatic rings. The second-order valence-electron chi connectivity index (χ2n) is 10.1. The minimum Gasteiger partial charge on any atom is -0.497 e. The van der Waals surface area contributed by atoms with E-state index >= 15 is 0 Å². The van der Waals surface area contributed by atoms with Crippen LogP contribution in [-0.4, -0.2) is 79.3 Å². The zero-order valence-corrected chi connectivity index (χ0v) is 21.9. The van der Waals surface area contributed by atoms with Crippen LogP contribution in [0.4, 0.5) is 4.79 Å². The molecule has 2 aromatic carbocycles. The first-order valence-corrected chi connectivity index (χ1v) is 12.5. The second-order valence-corrected chi connectivity index (χ2v) is 10.1. The smallest absolute Gasteiger partial charge is 0.410 e. The van der Waals surface area contributed by atoms with Gasteiger partial charge in [0, 0.05) is 51.9 Å². The maximum atomic E-state index is 12.4. The molecule has 190 valence electrons. The number of hydrogen-bond donors (Lipinski definition) is 0. The Kier molecular flexibility index (Phi) is 9.75. The molecular formula is C29H41N3O3. The number of rotatable bonds is 9. The average Bonchev–Trinajstić information content (AvgIpc) is 2.85. The predicted molar refractivity (Wildman–Crippen MR) is 143 cm³/mol. The van der Waals surface area contributed by atoms with Crippen LogP contribution in [0.3, 0.4) is 0 Å². The van der Waals surface area contributed by atoms with Crippen molar-refractivity contribution < 1.29 is 14.3 Å². The number of ether oxygens (including phenoxy) is 2. The molecule has 1 saturated heterocycles. The molecule has 0 saturated carbocycles. The molecule has 1 aliphatic rings. The molecule has 1 fully saturated rings. The van der Waals surface area contributed by atoms with Crippen molar-refractivity contribution in [3.8, 4) is 5.75 Å². The Labute approximate surface area is 211 Å². The van der Waals surface area contributed by atoms with Gasteiger partial charge < -0.3 is 14.4 Å². The van der Waals surface area contributed by atoms with Gasteiger partial charge in [-0.1, -0.05) is 54.6 Å². The van der Waals surface area contributed by atoms with Crippen LogP contribution in [0, 0.1) is 0 Å². The van der Waals surface area contributed by atoms with Gasteiger partial charge in [-0.05, 0) is 51.0 Å². The van der Waals surface area contributed by atoms with E-state index < -0.39 is 5.60 Å². The number of methoxy groups -OCH3 is 1. The van der Waals surface area contributed by atoms with E-state index in [4.69, 9.17) is 9.47 Å². The molecule has 6 nitrogen and oxygen atoms in total. The third-order valence-corrected chi connectivity index (χ3v) is 6.32. The van der Waals surface area contributed by atoms with Gasteiger partial charge in [-0.2, -0.15) is 0 Å². The summed E-state index contributed by atoms with van der Waals surface area (Å²) in [6.07, 6.45) is 4.22. The van der Waals surface area contributed by atoms with E-state index in [1.54, 1.807) is 7.11 Å². The van der Waals surface area contributed by atoms with Gasteiger partial charge in [-0.15, -0.1) is 0 Å². The molecule has 1 aliphatic heterocycles. The van der Waals surface area contributed by atoms with Crippen LogP contribution in [0.5, 0.6) is 5.75 Å². The fourth-order valence-electron chi connectivity index (χ4n) is 4.18. The summed E-state index contributed by atoms with van der Waals surface area (Å²) >= 11 is 0. The first-order chi connectivity index (χ1) is 16.7. The Morgan fingerprint density at radius 2 is 1.69 bits per heavy atom. The zero-order valence-electron chi connectivity index (χ0n) is 21.9. The van der Waals surface area contributed by atoms with Crippen molar-refractivity contribution >= 4 is 12.2 Å². The van der Waals surface area contributed by atoms with Gasteiger partial charge in [0.2, 0.25) is 0 Å². The second kappa shape index (κ2) is 12.8. The minimum atomic E-state index is -0.459. The Morgan fingerprint density at radius 1 is 1.03 bits per heavy atom. The van der Waals surface area contributed by atoms with Gasteiger partial charge in [0.05, 0.1) is 7.11 Å². The molecule has 0 aliphatic carbocycles. The highest BCUT2D eigenvalue weighted by molar-refractivity contribution is 5.68. The van der Waals surface area contributed by atoms with Crippen LogP contribution in [0.15, 0.2) is 60.7 Å². The van der Waals surface area contributed by atoms with E-state index in [1.807, 2.05) is 43.9 Å². The molecule has 0 bridgehead atoms. The predicted octanol–water partition coefficient (Wildman–Crippen LogP) is 5.32. The molecule has 1 amide bonds. The van der Waals surface area contributed by atoms with E-state index in [0.717, 1.165) is 38.5 Å². The van der Waals surface area contributed by atoms with E-state index in [2.05, 4.69) is 65.3 Å². The molecular weight excluding hydrogens is 438 g/mol.